The molecular formula is C30H28Cl3N5S. The van der Waals surface area contributed by atoms with Crippen LogP contribution >= 0.6 is 47.0 Å². The molecule has 0 spiro atoms. The molecule has 39 heavy (non-hydrogen) atoms. The highest BCUT2D eigenvalue weighted by Crippen LogP contribution is 2.44. The Bertz CT molecular complexity index is 1500. The molecule has 2 aromatic heterocycles. The van der Waals surface area contributed by atoms with Gasteiger partial charge in [0, 0.05) is 41.9 Å². The lowest BCUT2D eigenvalue weighted by Crippen LogP contribution is -2.33. The summed E-state index contributed by atoms with van der Waals surface area (Å²) in [6.07, 6.45) is 6.17. The number of rotatable bonds is 5. The highest BCUT2D eigenvalue weighted by Gasteiger charge is 2.42. The molecule has 2 fully saturated rings. The number of piperidine rings is 1. The number of hydrogen-bond acceptors (Lipinski definition) is 3. The van der Waals surface area contributed by atoms with Gasteiger partial charge < -0.3 is 19.7 Å². The molecular weight excluding hydrogens is 569 g/mol. The average Bonchev–Trinajstić information content (AvgIpc) is 3.54. The number of nitrogens with one attached hydrogen (secondary N) is 1. The van der Waals surface area contributed by atoms with Crippen molar-refractivity contribution < 1.29 is 0 Å². The number of nitrogens with zero attached hydrogens (tertiary/aromatic N) is 4. The van der Waals surface area contributed by atoms with Crippen molar-refractivity contribution in [1.82, 2.24) is 14.9 Å². The van der Waals surface area contributed by atoms with Crippen LogP contribution in [0.3, 0.4) is 0 Å². The van der Waals surface area contributed by atoms with E-state index in [4.69, 9.17) is 47.0 Å². The maximum absolute atomic E-state index is 6.93. The first-order chi connectivity index (χ1) is 18.9. The lowest BCUT2D eigenvalue weighted by atomic mass is 9.98. The van der Waals surface area contributed by atoms with E-state index in [1.807, 2.05) is 48.7 Å². The van der Waals surface area contributed by atoms with Gasteiger partial charge in [0.1, 0.15) is 6.04 Å². The minimum atomic E-state index is -0.216. The molecule has 1 N–H and O–H groups in total. The van der Waals surface area contributed by atoms with Gasteiger partial charge >= 0.3 is 0 Å². The zero-order valence-corrected chi connectivity index (χ0v) is 24.5. The number of pyridine rings is 1. The summed E-state index contributed by atoms with van der Waals surface area (Å²) >= 11 is 25.8. The molecule has 0 unspecified atom stereocenters. The highest BCUT2D eigenvalue weighted by atomic mass is 35.5. The number of anilines is 2. The third-order valence-corrected chi connectivity index (χ3v) is 8.84. The molecule has 0 amide bonds. The van der Waals surface area contributed by atoms with Gasteiger partial charge in [-0.25, -0.2) is 0 Å². The Morgan fingerprint density at radius 2 is 1.67 bits per heavy atom. The lowest BCUT2D eigenvalue weighted by Gasteiger charge is -2.33. The van der Waals surface area contributed by atoms with Crippen molar-refractivity contribution in [2.24, 2.45) is 5.92 Å². The Labute approximate surface area is 249 Å². The number of benzene rings is 2. The molecule has 2 atom stereocenters. The molecule has 4 aromatic rings. The molecule has 0 radical (unpaired) electrons. The van der Waals surface area contributed by atoms with Crippen molar-refractivity contribution in [3.63, 3.8) is 0 Å². The van der Waals surface area contributed by atoms with Crippen LogP contribution in [0.4, 0.5) is 11.4 Å². The van der Waals surface area contributed by atoms with Crippen molar-refractivity contribution in [3.05, 3.63) is 106 Å². The maximum atomic E-state index is 6.93. The monoisotopic (exact) mass is 595 g/mol. The summed E-state index contributed by atoms with van der Waals surface area (Å²) in [7, 11) is 0. The Hall–Kier alpha value is -2.77. The van der Waals surface area contributed by atoms with Gasteiger partial charge in [0.15, 0.2) is 5.11 Å². The second-order valence-corrected chi connectivity index (χ2v) is 11.8. The maximum Gasteiger partial charge on any atom is 0.174 e. The van der Waals surface area contributed by atoms with Crippen LogP contribution < -0.4 is 15.1 Å². The van der Waals surface area contributed by atoms with Gasteiger partial charge in [-0.3, -0.25) is 4.98 Å². The second kappa shape index (κ2) is 11.0. The molecule has 6 rings (SSSR count). The summed E-state index contributed by atoms with van der Waals surface area (Å²) in [5, 5.41) is 6.03. The number of thiocarbonyl (C=S) groups is 1. The number of halogens is 3. The fraction of sp³-hybridized carbons (Fsp3) is 0.267. The first-order valence-corrected chi connectivity index (χ1v) is 14.6. The summed E-state index contributed by atoms with van der Waals surface area (Å²) in [6, 6.07) is 21.4. The van der Waals surface area contributed by atoms with Crippen molar-refractivity contribution in [1.29, 1.82) is 0 Å². The molecule has 200 valence electrons. The quantitative estimate of drug-likeness (QED) is 0.235. The van der Waals surface area contributed by atoms with Crippen LogP contribution in [0.5, 0.6) is 0 Å². The average molecular weight is 597 g/mol. The van der Waals surface area contributed by atoms with E-state index < -0.39 is 0 Å². The van der Waals surface area contributed by atoms with Gasteiger partial charge in [0.2, 0.25) is 0 Å². The largest absolute Gasteiger partial charge is 0.370 e. The minimum absolute atomic E-state index is 0.194. The topological polar surface area (TPSA) is 36.3 Å². The van der Waals surface area contributed by atoms with Crippen molar-refractivity contribution in [2.45, 2.75) is 31.8 Å². The van der Waals surface area contributed by atoms with Crippen molar-refractivity contribution >= 4 is 63.5 Å². The van der Waals surface area contributed by atoms with E-state index in [9.17, 15) is 0 Å². The smallest absolute Gasteiger partial charge is 0.174 e. The van der Waals surface area contributed by atoms with Crippen molar-refractivity contribution in [3.8, 4) is 5.69 Å². The number of aromatic nitrogens is 2. The number of hydrogen-bond donors (Lipinski definition) is 1. The Morgan fingerprint density at radius 3 is 2.38 bits per heavy atom. The van der Waals surface area contributed by atoms with E-state index in [0.29, 0.717) is 15.2 Å². The van der Waals surface area contributed by atoms with E-state index in [1.54, 1.807) is 12.3 Å². The molecule has 4 heterocycles. The van der Waals surface area contributed by atoms with Gasteiger partial charge in [-0.2, -0.15) is 0 Å². The van der Waals surface area contributed by atoms with Crippen LogP contribution in [0.1, 0.15) is 43.2 Å². The highest BCUT2D eigenvalue weighted by molar-refractivity contribution is 7.80. The fourth-order valence-corrected chi connectivity index (χ4v) is 6.76. The molecule has 0 bridgehead atoms. The Balaban J connectivity index is 1.43. The summed E-state index contributed by atoms with van der Waals surface area (Å²) < 4.78 is 2.09. The second-order valence-electron chi connectivity index (χ2n) is 10.2. The summed E-state index contributed by atoms with van der Waals surface area (Å²) in [5.41, 5.74) is 4.73. The predicted molar refractivity (Wildman–Crippen MR) is 166 cm³/mol. The van der Waals surface area contributed by atoms with Gasteiger partial charge in [-0.05, 0) is 91.6 Å². The van der Waals surface area contributed by atoms with Gasteiger partial charge in [0.25, 0.3) is 0 Å². The first-order valence-electron chi connectivity index (χ1n) is 13.1. The van der Waals surface area contributed by atoms with E-state index in [2.05, 4.69) is 49.8 Å². The van der Waals surface area contributed by atoms with E-state index in [1.165, 1.54) is 12.8 Å². The van der Waals surface area contributed by atoms with Crippen LogP contribution in [-0.4, -0.2) is 27.8 Å². The molecule has 0 aliphatic carbocycles. The Morgan fingerprint density at radius 1 is 0.897 bits per heavy atom. The van der Waals surface area contributed by atoms with Crippen molar-refractivity contribution in [2.75, 3.05) is 22.9 Å². The van der Waals surface area contributed by atoms with E-state index in [-0.39, 0.29) is 12.1 Å². The molecule has 2 aliphatic heterocycles. The van der Waals surface area contributed by atoms with Gasteiger partial charge in [-0.15, -0.1) is 0 Å². The van der Waals surface area contributed by atoms with Crippen LogP contribution in [0.2, 0.25) is 15.1 Å². The normalized spacial score (nSPS) is 19.9. The van der Waals surface area contributed by atoms with Gasteiger partial charge in [-0.1, -0.05) is 47.8 Å². The fourth-order valence-electron chi connectivity index (χ4n) is 5.62. The minimum Gasteiger partial charge on any atom is -0.370 e. The van der Waals surface area contributed by atoms with Crippen LogP contribution in [0.15, 0.2) is 79.1 Å². The predicted octanol–water partition coefficient (Wildman–Crippen LogP) is 8.25. The molecule has 2 aliphatic rings. The zero-order valence-electron chi connectivity index (χ0n) is 21.4. The summed E-state index contributed by atoms with van der Waals surface area (Å²) in [4.78, 5) is 9.20. The zero-order chi connectivity index (χ0) is 27.1. The molecule has 2 saturated heterocycles. The molecule has 5 nitrogen and oxygen atoms in total. The third-order valence-electron chi connectivity index (χ3n) is 7.68. The molecule has 0 saturated carbocycles. The van der Waals surface area contributed by atoms with Crippen LogP contribution in [-0.2, 0) is 0 Å². The van der Waals surface area contributed by atoms with Crippen LogP contribution in [0.25, 0.3) is 5.69 Å². The SMILES string of the molecule is CC1CCN(c2ccc(N3C(=S)N[C@@H](c4ccccn4)[C@@H]3c3cccn3-c3ccc(Cl)cc3Cl)cc2Cl)CC1. The van der Waals surface area contributed by atoms with Crippen LogP contribution in [0, 0.1) is 5.92 Å². The Kier molecular flexibility index (Phi) is 7.47. The lowest BCUT2D eigenvalue weighted by molar-refractivity contribution is 0.438. The first kappa shape index (κ1) is 26.5. The molecule has 9 heteroatoms. The van der Waals surface area contributed by atoms with E-state index >= 15 is 0 Å². The third kappa shape index (κ3) is 5.11. The summed E-state index contributed by atoms with van der Waals surface area (Å²) in [5.74, 6) is 0.752. The standard InChI is InChI=1S/C30H28Cl3N5S/c1-19-11-15-36(16-12-19)25-10-8-21(18-23(25)33)38-29(28(35-30(38)39)24-5-2-3-13-34-24)27-6-4-14-37(27)26-9-7-20(31)17-22(26)32/h2-10,13-14,17-19,28-29H,11-12,15-16H2,1H3,(H,35,39)/t28-,29-/m0/s1. The molecule has 2 aromatic carbocycles. The van der Waals surface area contributed by atoms with Gasteiger partial charge in [0.05, 0.1) is 33.2 Å². The van der Waals surface area contributed by atoms with E-state index in [0.717, 1.165) is 52.5 Å². The summed E-state index contributed by atoms with van der Waals surface area (Å²) in [6.45, 7) is 4.35.